The molecule has 1 aromatic heterocycles. The summed E-state index contributed by atoms with van der Waals surface area (Å²) in [5.74, 6) is -0.0737. The van der Waals surface area contributed by atoms with E-state index in [1.165, 1.54) is 6.42 Å². The molecule has 4 nitrogen and oxygen atoms in total. The van der Waals surface area contributed by atoms with E-state index in [4.69, 9.17) is 5.73 Å². The van der Waals surface area contributed by atoms with Gasteiger partial charge < -0.3 is 11.1 Å². The first-order valence-corrected chi connectivity index (χ1v) is 5.74. The molecule has 0 saturated heterocycles. The molecule has 1 aromatic rings. The molecule has 1 saturated carbocycles. The molecule has 1 heterocycles. The summed E-state index contributed by atoms with van der Waals surface area (Å²) >= 11 is 0. The molecule has 1 fully saturated rings. The molecule has 0 bridgehead atoms. The highest BCUT2D eigenvalue weighted by Crippen LogP contribution is 2.17. The smallest absolute Gasteiger partial charge is 0.253 e. The van der Waals surface area contributed by atoms with Crippen LogP contribution in [0.15, 0.2) is 24.5 Å². The highest BCUT2D eigenvalue weighted by Gasteiger charge is 2.23. The van der Waals surface area contributed by atoms with Crippen LogP contribution in [0.2, 0.25) is 0 Å². The predicted molar refractivity (Wildman–Crippen MR) is 69.2 cm³/mol. The minimum absolute atomic E-state index is 0. The lowest BCUT2D eigenvalue weighted by atomic mass is 9.91. The number of aromatic nitrogens is 1. The van der Waals surface area contributed by atoms with E-state index in [1.54, 1.807) is 24.5 Å². The molecule has 0 unspecified atom stereocenters. The van der Waals surface area contributed by atoms with Crippen molar-refractivity contribution in [3.63, 3.8) is 0 Å². The van der Waals surface area contributed by atoms with Crippen LogP contribution >= 0.6 is 12.4 Å². The van der Waals surface area contributed by atoms with Crippen LogP contribution in [-0.2, 0) is 0 Å². The monoisotopic (exact) mass is 255 g/mol. The SMILES string of the molecule is Cl.N[C@@H]1CCCC[C@H]1NC(=O)c1cccnc1. The average molecular weight is 256 g/mol. The molecular formula is C12H18ClN3O. The van der Waals surface area contributed by atoms with Crippen molar-refractivity contribution in [2.75, 3.05) is 0 Å². The van der Waals surface area contributed by atoms with Crippen molar-refractivity contribution < 1.29 is 4.79 Å². The zero-order chi connectivity index (χ0) is 11.4. The Morgan fingerprint density at radius 1 is 1.41 bits per heavy atom. The molecule has 1 aliphatic rings. The van der Waals surface area contributed by atoms with Gasteiger partial charge >= 0.3 is 0 Å². The molecule has 2 rings (SSSR count). The molecule has 0 radical (unpaired) electrons. The number of carbonyl (C=O) groups excluding carboxylic acids is 1. The number of halogens is 1. The lowest BCUT2D eigenvalue weighted by Crippen LogP contribution is -2.49. The van der Waals surface area contributed by atoms with Crippen molar-refractivity contribution in [2.45, 2.75) is 37.8 Å². The van der Waals surface area contributed by atoms with Crippen molar-refractivity contribution in [2.24, 2.45) is 5.73 Å². The minimum Gasteiger partial charge on any atom is -0.348 e. The van der Waals surface area contributed by atoms with E-state index in [2.05, 4.69) is 10.3 Å². The topological polar surface area (TPSA) is 68.0 Å². The first-order valence-electron chi connectivity index (χ1n) is 5.74. The summed E-state index contributed by atoms with van der Waals surface area (Å²) in [6.45, 7) is 0. The van der Waals surface area contributed by atoms with E-state index < -0.39 is 0 Å². The minimum atomic E-state index is -0.0737. The maximum atomic E-state index is 11.9. The third-order valence-corrected chi connectivity index (χ3v) is 3.06. The standard InChI is InChI=1S/C12H17N3O.ClH/c13-10-5-1-2-6-11(10)15-12(16)9-4-3-7-14-8-9;/h3-4,7-8,10-11H,1-2,5-6,13H2,(H,15,16);1H/t10-,11-;/m1./s1. The van der Waals surface area contributed by atoms with Crippen LogP contribution in [-0.4, -0.2) is 23.0 Å². The molecule has 2 atom stereocenters. The highest BCUT2D eigenvalue weighted by molar-refractivity contribution is 5.94. The van der Waals surface area contributed by atoms with Gasteiger partial charge in [0.1, 0.15) is 0 Å². The highest BCUT2D eigenvalue weighted by atomic mass is 35.5. The van der Waals surface area contributed by atoms with Crippen molar-refractivity contribution in [1.82, 2.24) is 10.3 Å². The Hall–Kier alpha value is -1.13. The van der Waals surface area contributed by atoms with Gasteiger partial charge in [-0.25, -0.2) is 0 Å². The molecular weight excluding hydrogens is 238 g/mol. The van der Waals surface area contributed by atoms with Gasteiger partial charge in [0.25, 0.3) is 5.91 Å². The fourth-order valence-corrected chi connectivity index (χ4v) is 2.09. The Morgan fingerprint density at radius 2 is 2.18 bits per heavy atom. The fraction of sp³-hybridized carbons (Fsp3) is 0.500. The number of nitrogens with two attached hydrogens (primary N) is 1. The van der Waals surface area contributed by atoms with E-state index in [9.17, 15) is 4.79 Å². The number of hydrogen-bond acceptors (Lipinski definition) is 3. The maximum absolute atomic E-state index is 11.9. The fourth-order valence-electron chi connectivity index (χ4n) is 2.09. The number of pyridine rings is 1. The van der Waals surface area contributed by atoms with Gasteiger partial charge in [-0.15, -0.1) is 12.4 Å². The van der Waals surface area contributed by atoms with Gasteiger partial charge in [-0.1, -0.05) is 12.8 Å². The number of rotatable bonds is 2. The molecule has 17 heavy (non-hydrogen) atoms. The second kappa shape index (κ2) is 6.57. The number of nitrogens with zero attached hydrogens (tertiary/aromatic N) is 1. The Morgan fingerprint density at radius 3 is 2.82 bits per heavy atom. The molecule has 1 amide bonds. The zero-order valence-electron chi connectivity index (χ0n) is 9.63. The van der Waals surface area contributed by atoms with Crippen molar-refractivity contribution in [1.29, 1.82) is 0 Å². The number of carbonyl (C=O) groups is 1. The van der Waals surface area contributed by atoms with Crippen LogP contribution in [0.3, 0.4) is 0 Å². The Labute approximate surface area is 107 Å². The molecule has 0 spiro atoms. The van der Waals surface area contributed by atoms with Crippen LogP contribution in [0.25, 0.3) is 0 Å². The predicted octanol–water partition coefficient (Wildman–Crippen LogP) is 1.50. The van der Waals surface area contributed by atoms with Gasteiger partial charge in [-0.05, 0) is 25.0 Å². The summed E-state index contributed by atoms with van der Waals surface area (Å²) in [6.07, 6.45) is 7.52. The van der Waals surface area contributed by atoms with Gasteiger partial charge in [0.05, 0.1) is 5.56 Å². The zero-order valence-corrected chi connectivity index (χ0v) is 10.5. The van der Waals surface area contributed by atoms with Crippen molar-refractivity contribution in [3.8, 4) is 0 Å². The first kappa shape index (κ1) is 13.9. The molecule has 1 aliphatic carbocycles. The van der Waals surface area contributed by atoms with E-state index >= 15 is 0 Å². The van der Waals surface area contributed by atoms with Gasteiger partial charge in [-0.3, -0.25) is 9.78 Å². The third kappa shape index (κ3) is 3.68. The van der Waals surface area contributed by atoms with Gasteiger partial charge in [0.15, 0.2) is 0 Å². The summed E-state index contributed by atoms with van der Waals surface area (Å²) in [5.41, 5.74) is 6.57. The summed E-state index contributed by atoms with van der Waals surface area (Å²) in [7, 11) is 0. The van der Waals surface area contributed by atoms with Crippen LogP contribution < -0.4 is 11.1 Å². The Bertz CT molecular complexity index is 358. The normalized spacial score (nSPS) is 23.6. The summed E-state index contributed by atoms with van der Waals surface area (Å²) in [5, 5.41) is 2.98. The Kier molecular flexibility index (Phi) is 5.38. The number of nitrogens with one attached hydrogen (secondary N) is 1. The second-order valence-electron chi connectivity index (χ2n) is 4.27. The second-order valence-corrected chi connectivity index (χ2v) is 4.27. The van der Waals surface area contributed by atoms with Crippen molar-refractivity contribution in [3.05, 3.63) is 30.1 Å². The molecule has 94 valence electrons. The van der Waals surface area contributed by atoms with Crippen molar-refractivity contribution >= 4 is 18.3 Å². The first-order chi connectivity index (χ1) is 7.77. The van der Waals surface area contributed by atoms with Crippen LogP contribution in [0, 0.1) is 0 Å². The van der Waals surface area contributed by atoms with Crippen LogP contribution in [0.1, 0.15) is 36.0 Å². The Balaban J connectivity index is 0.00000144. The molecule has 3 N–H and O–H groups in total. The lowest BCUT2D eigenvalue weighted by Gasteiger charge is -2.29. The largest absolute Gasteiger partial charge is 0.348 e. The van der Waals surface area contributed by atoms with Gasteiger partial charge in [-0.2, -0.15) is 0 Å². The van der Waals surface area contributed by atoms with E-state index in [-0.39, 0.29) is 30.4 Å². The van der Waals surface area contributed by atoms with Gasteiger partial charge in [0, 0.05) is 24.5 Å². The summed E-state index contributed by atoms with van der Waals surface area (Å²) < 4.78 is 0. The lowest BCUT2D eigenvalue weighted by molar-refractivity contribution is 0.0921. The molecule has 0 aliphatic heterocycles. The average Bonchev–Trinajstić information content (AvgIpc) is 2.33. The van der Waals surface area contributed by atoms with E-state index in [1.807, 2.05) is 0 Å². The maximum Gasteiger partial charge on any atom is 0.253 e. The molecule has 5 heteroatoms. The van der Waals surface area contributed by atoms with Crippen LogP contribution in [0.5, 0.6) is 0 Å². The van der Waals surface area contributed by atoms with E-state index in [0.29, 0.717) is 5.56 Å². The quantitative estimate of drug-likeness (QED) is 0.842. The summed E-state index contributed by atoms with van der Waals surface area (Å²) in [6, 6.07) is 3.72. The summed E-state index contributed by atoms with van der Waals surface area (Å²) in [4.78, 5) is 15.8. The number of hydrogen-bond donors (Lipinski definition) is 2. The third-order valence-electron chi connectivity index (χ3n) is 3.06. The van der Waals surface area contributed by atoms with E-state index in [0.717, 1.165) is 19.3 Å². The number of amides is 1. The van der Waals surface area contributed by atoms with Gasteiger partial charge in [0.2, 0.25) is 0 Å². The molecule has 0 aromatic carbocycles. The van der Waals surface area contributed by atoms with Crippen LogP contribution in [0.4, 0.5) is 0 Å².